The summed E-state index contributed by atoms with van der Waals surface area (Å²) in [5.74, 6) is -0.747. The van der Waals surface area contributed by atoms with Gasteiger partial charge in [-0.05, 0) is 24.1 Å². The van der Waals surface area contributed by atoms with Gasteiger partial charge < -0.3 is 14.7 Å². The number of methoxy groups -OCH3 is 1. The van der Waals surface area contributed by atoms with E-state index in [4.69, 9.17) is 4.74 Å². The van der Waals surface area contributed by atoms with E-state index in [0.29, 0.717) is 17.9 Å². The fraction of sp³-hybridized carbons (Fsp3) is 0.273. The Morgan fingerprint density at radius 1 is 1.11 bits per heavy atom. The number of carbonyl (C=O) groups excluding carboxylic acids is 2. The van der Waals surface area contributed by atoms with Gasteiger partial charge in [-0.15, -0.1) is 0 Å². The molecule has 0 spiro atoms. The van der Waals surface area contributed by atoms with Crippen LogP contribution in [0.15, 0.2) is 60.2 Å². The number of aliphatic hydroxyl groups is 1. The normalized spacial score (nSPS) is 18.7. The molecule has 3 rings (SSSR count). The first-order valence-electron chi connectivity index (χ1n) is 9.06. The Hall–Kier alpha value is -3.08. The Morgan fingerprint density at radius 2 is 1.85 bits per heavy atom. The third-order valence-corrected chi connectivity index (χ3v) is 4.75. The van der Waals surface area contributed by atoms with Crippen LogP contribution in [0.25, 0.3) is 5.76 Å². The van der Waals surface area contributed by atoms with Gasteiger partial charge in [-0.3, -0.25) is 9.59 Å². The molecule has 1 heterocycles. The maximum atomic E-state index is 12.8. The summed E-state index contributed by atoms with van der Waals surface area (Å²) in [7, 11) is 1.57. The Labute approximate surface area is 158 Å². The molecular weight excluding hydrogens is 342 g/mol. The summed E-state index contributed by atoms with van der Waals surface area (Å²) in [5, 5.41) is 10.9. The Morgan fingerprint density at radius 3 is 2.52 bits per heavy atom. The highest BCUT2D eigenvalue weighted by atomic mass is 16.5. The highest BCUT2D eigenvalue weighted by molar-refractivity contribution is 6.46. The van der Waals surface area contributed by atoms with E-state index in [0.717, 1.165) is 18.4 Å². The molecule has 27 heavy (non-hydrogen) atoms. The minimum absolute atomic E-state index is 0.121. The predicted molar refractivity (Wildman–Crippen MR) is 103 cm³/mol. The number of hydrogen-bond donors (Lipinski definition) is 1. The lowest BCUT2D eigenvalue weighted by Gasteiger charge is -2.25. The van der Waals surface area contributed by atoms with Crippen LogP contribution in [-0.4, -0.2) is 35.4 Å². The number of likely N-dealkylation sites (tertiary alicyclic amines) is 1. The van der Waals surface area contributed by atoms with Crippen molar-refractivity contribution in [2.45, 2.75) is 25.8 Å². The molecule has 1 aliphatic heterocycles. The highest BCUT2D eigenvalue weighted by Crippen LogP contribution is 2.40. The van der Waals surface area contributed by atoms with Crippen LogP contribution >= 0.6 is 0 Å². The average molecular weight is 365 g/mol. The molecule has 0 aromatic heterocycles. The van der Waals surface area contributed by atoms with Crippen molar-refractivity contribution in [1.29, 1.82) is 0 Å². The molecule has 5 nitrogen and oxygen atoms in total. The van der Waals surface area contributed by atoms with Crippen molar-refractivity contribution >= 4 is 17.4 Å². The smallest absolute Gasteiger partial charge is 0.295 e. The molecule has 1 aliphatic rings. The molecule has 1 fully saturated rings. The zero-order valence-corrected chi connectivity index (χ0v) is 15.5. The zero-order chi connectivity index (χ0) is 19.4. The number of unbranched alkanes of at least 4 members (excludes halogenated alkanes) is 1. The van der Waals surface area contributed by atoms with Crippen molar-refractivity contribution in [2.24, 2.45) is 0 Å². The molecular formula is C22H23NO4. The quantitative estimate of drug-likeness (QED) is 0.479. The van der Waals surface area contributed by atoms with E-state index in [1.54, 1.807) is 48.4 Å². The lowest BCUT2D eigenvalue weighted by Crippen LogP contribution is -2.30. The summed E-state index contributed by atoms with van der Waals surface area (Å²) in [6.07, 6.45) is 1.67. The SMILES string of the molecule is CCCCN1C(=O)C(=O)/C(=C(\O)c2ccccc2)C1c1cccc(OC)c1. The topological polar surface area (TPSA) is 66.8 Å². The van der Waals surface area contributed by atoms with Crippen molar-refractivity contribution in [1.82, 2.24) is 4.90 Å². The van der Waals surface area contributed by atoms with Crippen LogP contribution in [0.2, 0.25) is 0 Å². The summed E-state index contributed by atoms with van der Waals surface area (Å²) in [4.78, 5) is 27.0. The van der Waals surface area contributed by atoms with Gasteiger partial charge in [0, 0.05) is 12.1 Å². The number of benzene rings is 2. The molecule has 0 bridgehead atoms. The number of aliphatic hydroxyl groups excluding tert-OH is 1. The maximum absolute atomic E-state index is 12.8. The number of rotatable bonds is 6. The second-order valence-corrected chi connectivity index (χ2v) is 6.49. The van der Waals surface area contributed by atoms with Gasteiger partial charge in [0.15, 0.2) is 0 Å². The lowest BCUT2D eigenvalue weighted by molar-refractivity contribution is -0.139. The van der Waals surface area contributed by atoms with E-state index in [-0.39, 0.29) is 11.3 Å². The van der Waals surface area contributed by atoms with Gasteiger partial charge in [-0.2, -0.15) is 0 Å². The molecule has 1 N–H and O–H groups in total. The molecule has 1 saturated heterocycles. The number of carbonyl (C=O) groups is 2. The number of Topliss-reactive ketones (excluding diaryl/α,β-unsaturated/α-hetero) is 1. The minimum atomic E-state index is -0.653. The first kappa shape index (κ1) is 18.7. The molecule has 5 heteroatoms. The summed E-state index contributed by atoms with van der Waals surface area (Å²) < 4.78 is 5.30. The van der Waals surface area contributed by atoms with E-state index >= 15 is 0 Å². The summed E-state index contributed by atoms with van der Waals surface area (Å²) >= 11 is 0. The largest absolute Gasteiger partial charge is 0.507 e. The minimum Gasteiger partial charge on any atom is -0.507 e. The monoisotopic (exact) mass is 365 g/mol. The van der Waals surface area contributed by atoms with Gasteiger partial charge in [-0.1, -0.05) is 55.8 Å². The van der Waals surface area contributed by atoms with E-state index in [9.17, 15) is 14.7 Å². The highest BCUT2D eigenvalue weighted by Gasteiger charge is 2.45. The number of amides is 1. The van der Waals surface area contributed by atoms with E-state index in [2.05, 4.69) is 0 Å². The van der Waals surface area contributed by atoms with Crippen LogP contribution in [-0.2, 0) is 9.59 Å². The summed E-state index contributed by atoms with van der Waals surface area (Å²) in [6.45, 7) is 2.48. The Balaban J connectivity index is 2.16. The first-order chi connectivity index (χ1) is 13.1. The zero-order valence-electron chi connectivity index (χ0n) is 15.5. The predicted octanol–water partition coefficient (Wildman–Crippen LogP) is 3.92. The van der Waals surface area contributed by atoms with Gasteiger partial charge in [-0.25, -0.2) is 0 Å². The van der Waals surface area contributed by atoms with Crippen LogP contribution in [0.4, 0.5) is 0 Å². The van der Waals surface area contributed by atoms with E-state index < -0.39 is 17.7 Å². The van der Waals surface area contributed by atoms with Crippen LogP contribution in [0.3, 0.4) is 0 Å². The molecule has 1 unspecified atom stereocenters. The number of ketones is 1. The Bertz CT molecular complexity index is 873. The number of hydrogen-bond acceptors (Lipinski definition) is 4. The van der Waals surface area contributed by atoms with E-state index in [1.165, 1.54) is 0 Å². The summed E-state index contributed by atoms with van der Waals surface area (Å²) in [5.41, 5.74) is 1.37. The average Bonchev–Trinajstić information content (AvgIpc) is 2.97. The van der Waals surface area contributed by atoms with Gasteiger partial charge in [0.25, 0.3) is 11.7 Å². The van der Waals surface area contributed by atoms with Crippen LogP contribution in [0, 0.1) is 0 Å². The molecule has 2 aromatic carbocycles. The van der Waals surface area contributed by atoms with Crippen molar-refractivity contribution in [3.8, 4) is 5.75 Å². The number of ether oxygens (including phenoxy) is 1. The first-order valence-corrected chi connectivity index (χ1v) is 9.06. The summed E-state index contributed by atoms with van der Waals surface area (Å²) in [6, 6.07) is 15.5. The van der Waals surface area contributed by atoms with Gasteiger partial charge >= 0.3 is 0 Å². The fourth-order valence-corrected chi connectivity index (χ4v) is 3.35. The van der Waals surface area contributed by atoms with Crippen molar-refractivity contribution < 1.29 is 19.4 Å². The molecule has 2 aromatic rings. The molecule has 0 aliphatic carbocycles. The van der Waals surface area contributed by atoms with Crippen LogP contribution in [0.1, 0.15) is 36.9 Å². The van der Waals surface area contributed by atoms with E-state index in [1.807, 2.05) is 25.1 Å². The fourth-order valence-electron chi connectivity index (χ4n) is 3.35. The molecule has 1 atom stereocenters. The number of nitrogens with zero attached hydrogens (tertiary/aromatic N) is 1. The van der Waals surface area contributed by atoms with Gasteiger partial charge in [0.1, 0.15) is 11.5 Å². The van der Waals surface area contributed by atoms with Crippen molar-refractivity contribution in [3.05, 3.63) is 71.3 Å². The molecule has 1 amide bonds. The molecule has 140 valence electrons. The van der Waals surface area contributed by atoms with Gasteiger partial charge in [0.2, 0.25) is 0 Å². The second kappa shape index (κ2) is 8.08. The third-order valence-electron chi connectivity index (χ3n) is 4.75. The standard InChI is InChI=1S/C22H23NO4/c1-3-4-13-23-19(16-11-8-12-17(14-16)27-2)18(21(25)22(23)26)20(24)15-9-6-5-7-10-15/h5-12,14,19,24H,3-4,13H2,1-2H3/b20-18-. The van der Waals surface area contributed by atoms with Gasteiger partial charge in [0.05, 0.1) is 18.7 Å². The Kier molecular flexibility index (Phi) is 5.60. The van der Waals surface area contributed by atoms with Crippen molar-refractivity contribution in [3.63, 3.8) is 0 Å². The second-order valence-electron chi connectivity index (χ2n) is 6.49. The lowest BCUT2D eigenvalue weighted by atomic mass is 9.95. The maximum Gasteiger partial charge on any atom is 0.295 e. The molecule has 0 radical (unpaired) electrons. The molecule has 0 saturated carbocycles. The third kappa shape index (κ3) is 3.58. The van der Waals surface area contributed by atoms with Crippen molar-refractivity contribution in [2.75, 3.05) is 13.7 Å². The van der Waals surface area contributed by atoms with Crippen LogP contribution in [0.5, 0.6) is 5.75 Å². The van der Waals surface area contributed by atoms with Crippen LogP contribution < -0.4 is 4.74 Å².